The Kier molecular flexibility index (Phi) is 5.26. The van der Waals surface area contributed by atoms with Gasteiger partial charge in [0.15, 0.2) is 0 Å². The molecule has 0 saturated carbocycles. The average Bonchev–Trinajstić information content (AvgIpc) is 3.58. The van der Waals surface area contributed by atoms with Crippen LogP contribution >= 0.6 is 0 Å². The molecular formula is C24H29N7O2. The molecule has 172 valence electrons. The van der Waals surface area contributed by atoms with Gasteiger partial charge >= 0.3 is 0 Å². The quantitative estimate of drug-likeness (QED) is 0.599. The maximum Gasteiger partial charge on any atom is 0.274 e. The van der Waals surface area contributed by atoms with Crippen LogP contribution in [0.1, 0.15) is 54.0 Å². The smallest absolute Gasteiger partial charge is 0.274 e. The van der Waals surface area contributed by atoms with E-state index < -0.39 is 5.41 Å². The minimum Gasteiger partial charge on any atom is -0.338 e. The van der Waals surface area contributed by atoms with Gasteiger partial charge in [0.2, 0.25) is 5.91 Å². The second kappa shape index (κ2) is 8.13. The highest BCUT2D eigenvalue weighted by Gasteiger charge is 2.58. The lowest BCUT2D eigenvalue weighted by Gasteiger charge is -2.27. The molecule has 33 heavy (non-hydrogen) atoms. The monoisotopic (exact) mass is 447 g/mol. The lowest BCUT2D eigenvalue weighted by atomic mass is 9.75. The van der Waals surface area contributed by atoms with Crippen LogP contribution in [0, 0.1) is 5.41 Å². The third kappa shape index (κ3) is 3.71. The van der Waals surface area contributed by atoms with Crippen LogP contribution in [0.3, 0.4) is 0 Å². The number of pyridine rings is 1. The van der Waals surface area contributed by atoms with Crippen molar-refractivity contribution < 1.29 is 9.59 Å². The summed E-state index contributed by atoms with van der Waals surface area (Å²) in [6.07, 6.45) is 9.81. The highest BCUT2D eigenvalue weighted by atomic mass is 16.2. The molecule has 5 heterocycles. The zero-order valence-corrected chi connectivity index (χ0v) is 19.3. The third-order valence-electron chi connectivity index (χ3n) is 7.00. The van der Waals surface area contributed by atoms with Gasteiger partial charge in [-0.15, -0.1) is 0 Å². The predicted octanol–water partition coefficient (Wildman–Crippen LogP) is 2.25. The van der Waals surface area contributed by atoms with Crippen molar-refractivity contribution in [1.82, 2.24) is 34.1 Å². The first kappa shape index (κ1) is 21.4. The topological polar surface area (TPSA) is 89.2 Å². The molecule has 2 aliphatic rings. The zero-order chi connectivity index (χ0) is 23.2. The van der Waals surface area contributed by atoms with Crippen molar-refractivity contribution in [1.29, 1.82) is 0 Å². The summed E-state index contributed by atoms with van der Waals surface area (Å²) in [5.74, 6) is -0.194. The molecule has 0 N–H and O–H groups in total. The largest absolute Gasteiger partial charge is 0.338 e. The Hall–Kier alpha value is -3.49. The number of nitrogens with zero attached hydrogens (tertiary/aromatic N) is 7. The van der Waals surface area contributed by atoms with Crippen molar-refractivity contribution in [3.63, 3.8) is 0 Å². The molecular weight excluding hydrogens is 418 g/mol. The van der Waals surface area contributed by atoms with Crippen molar-refractivity contribution in [2.75, 3.05) is 19.6 Å². The number of aryl methyl sites for hydroxylation is 1. The van der Waals surface area contributed by atoms with E-state index in [0.717, 1.165) is 11.3 Å². The average molecular weight is 448 g/mol. The van der Waals surface area contributed by atoms with Crippen molar-refractivity contribution in [2.45, 2.75) is 38.8 Å². The second-order valence-corrected chi connectivity index (χ2v) is 9.44. The van der Waals surface area contributed by atoms with Crippen molar-refractivity contribution in [2.24, 2.45) is 12.5 Å². The maximum absolute atomic E-state index is 13.9. The van der Waals surface area contributed by atoms with Crippen LogP contribution in [0.4, 0.5) is 0 Å². The van der Waals surface area contributed by atoms with Crippen LogP contribution in [0.5, 0.6) is 0 Å². The number of amides is 2. The van der Waals surface area contributed by atoms with Gasteiger partial charge in [0.05, 0.1) is 17.4 Å². The molecule has 2 saturated heterocycles. The van der Waals surface area contributed by atoms with Crippen LogP contribution in [0.2, 0.25) is 0 Å². The van der Waals surface area contributed by atoms with Gasteiger partial charge in [0, 0.05) is 70.0 Å². The van der Waals surface area contributed by atoms with E-state index >= 15 is 0 Å². The molecule has 2 fully saturated rings. The molecule has 2 aliphatic heterocycles. The van der Waals surface area contributed by atoms with Gasteiger partial charge in [0.1, 0.15) is 5.69 Å². The highest BCUT2D eigenvalue weighted by Crippen LogP contribution is 2.50. The fourth-order valence-electron chi connectivity index (χ4n) is 5.14. The summed E-state index contributed by atoms with van der Waals surface area (Å²) in [7, 11) is 1.79. The molecule has 5 rings (SSSR count). The first-order valence-corrected chi connectivity index (χ1v) is 11.4. The van der Waals surface area contributed by atoms with E-state index in [1.165, 1.54) is 0 Å². The van der Waals surface area contributed by atoms with Gasteiger partial charge in [0.25, 0.3) is 5.91 Å². The number of imidazole rings is 1. The van der Waals surface area contributed by atoms with Gasteiger partial charge in [-0.3, -0.25) is 19.3 Å². The van der Waals surface area contributed by atoms with E-state index in [1.807, 2.05) is 29.6 Å². The molecule has 0 unspecified atom stereocenters. The van der Waals surface area contributed by atoms with Gasteiger partial charge in [-0.05, 0) is 44.0 Å². The third-order valence-corrected chi connectivity index (χ3v) is 7.00. The number of hydrogen-bond acceptors (Lipinski definition) is 5. The number of carbonyl (C=O) groups is 2. The summed E-state index contributed by atoms with van der Waals surface area (Å²) >= 11 is 0. The SMILES string of the molecule is CC(C)n1cnc([C@@H]2CN(C(=O)c3ccn(C)n3)C[C@@]23CCN(Cc2ccncc2)C3=O)c1. The number of hydrogen-bond donors (Lipinski definition) is 0. The van der Waals surface area contributed by atoms with E-state index in [4.69, 9.17) is 0 Å². The van der Waals surface area contributed by atoms with Gasteiger partial charge in [-0.1, -0.05) is 0 Å². The Balaban J connectivity index is 1.47. The summed E-state index contributed by atoms with van der Waals surface area (Å²) in [4.78, 5) is 39.6. The van der Waals surface area contributed by atoms with E-state index in [0.29, 0.717) is 38.3 Å². The minimum atomic E-state index is -0.673. The van der Waals surface area contributed by atoms with Crippen molar-refractivity contribution in [3.05, 3.63) is 66.3 Å². The van der Waals surface area contributed by atoms with Gasteiger partial charge in [-0.2, -0.15) is 5.10 Å². The summed E-state index contributed by atoms with van der Waals surface area (Å²) in [5, 5.41) is 4.29. The molecule has 0 aromatic carbocycles. The van der Waals surface area contributed by atoms with Crippen molar-refractivity contribution in [3.8, 4) is 0 Å². The summed E-state index contributed by atoms with van der Waals surface area (Å²) in [6.45, 7) is 6.25. The first-order chi connectivity index (χ1) is 15.9. The first-order valence-electron chi connectivity index (χ1n) is 11.4. The van der Waals surface area contributed by atoms with Crippen molar-refractivity contribution >= 4 is 11.8 Å². The lowest BCUT2D eigenvalue weighted by Crippen LogP contribution is -2.40. The molecule has 2 atom stereocenters. The summed E-state index contributed by atoms with van der Waals surface area (Å²) in [5.41, 5.74) is 1.66. The van der Waals surface area contributed by atoms with E-state index in [9.17, 15) is 9.59 Å². The Morgan fingerprint density at radius 3 is 2.70 bits per heavy atom. The van der Waals surface area contributed by atoms with E-state index in [1.54, 1.807) is 41.3 Å². The Morgan fingerprint density at radius 1 is 1.24 bits per heavy atom. The number of carbonyl (C=O) groups excluding carboxylic acids is 2. The molecule has 0 aliphatic carbocycles. The van der Waals surface area contributed by atoms with Gasteiger partial charge in [-0.25, -0.2) is 4.98 Å². The molecule has 2 amide bonds. The Morgan fingerprint density at radius 2 is 2.03 bits per heavy atom. The fourth-order valence-corrected chi connectivity index (χ4v) is 5.14. The highest BCUT2D eigenvalue weighted by molar-refractivity contribution is 5.94. The summed E-state index contributed by atoms with van der Waals surface area (Å²) in [6, 6.07) is 5.87. The second-order valence-electron chi connectivity index (χ2n) is 9.44. The molecule has 3 aromatic heterocycles. The number of likely N-dealkylation sites (tertiary alicyclic amines) is 2. The van der Waals surface area contributed by atoms with E-state index in [-0.39, 0.29) is 23.8 Å². The summed E-state index contributed by atoms with van der Waals surface area (Å²) < 4.78 is 3.68. The van der Waals surface area contributed by atoms with E-state index in [2.05, 4.69) is 33.5 Å². The number of aromatic nitrogens is 5. The van der Waals surface area contributed by atoms with Crippen LogP contribution in [-0.4, -0.2) is 65.6 Å². The number of rotatable bonds is 5. The Labute approximate surface area is 193 Å². The molecule has 0 radical (unpaired) electrons. The maximum atomic E-state index is 13.9. The molecule has 3 aromatic rings. The van der Waals surface area contributed by atoms with Crippen LogP contribution in [0.25, 0.3) is 0 Å². The predicted molar refractivity (Wildman–Crippen MR) is 121 cm³/mol. The van der Waals surface area contributed by atoms with Crippen LogP contribution < -0.4 is 0 Å². The minimum absolute atomic E-state index is 0.0970. The fraction of sp³-hybridized carbons (Fsp3) is 0.458. The molecule has 0 bridgehead atoms. The zero-order valence-electron chi connectivity index (χ0n) is 19.3. The standard InChI is InChI=1S/C24H29N7O2/c1-17(2)31-14-21(26-16-31)19-13-30(22(32)20-6-10-28(3)27-20)15-24(19)7-11-29(23(24)33)12-18-4-8-25-9-5-18/h4-6,8-10,14,16-17,19H,7,11-13,15H2,1-3H3/t19-,24-/m0/s1. The Bertz CT molecular complexity index is 1170. The normalized spacial score (nSPS) is 22.8. The van der Waals surface area contributed by atoms with Gasteiger partial charge < -0.3 is 14.4 Å². The molecule has 1 spiro atoms. The van der Waals surface area contributed by atoms with Crippen LogP contribution in [-0.2, 0) is 18.4 Å². The lowest BCUT2D eigenvalue weighted by molar-refractivity contribution is -0.136. The molecule has 9 heteroatoms. The van der Waals surface area contributed by atoms with Crippen LogP contribution in [0.15, 0.2) is 49.3 Å². The molecule has 9 nitrogen and oxygen atoms in total.